The van der Waals surface area contributed by atoms with Gasteiger partial charge in [0.2, 0.25) is 0 Å². The molecule has 0 spiro atoms. The van der Waals surface area contributed by atoms with Crippen molar-refractivity contribution in [2.45, 2.75) is 13.0 Å². The van der Waals surface area contributed by atoms with Crippen LogP contribution in [0.3, 0.4) is 0 Å². The fraction of sp³-hybridized carbons (Fsp3) is 0.231. The third kappa shape index (κ3) is 3.83. The molecule has 1 aromatic heterocycles. The molecule has 0 saturated heterocycles. The van der Waals surface area contributed by atoms with Gasteiger partial charge in [-0.1, -0.05) is 34.5 Å². The van der Waals surface area contributed by atoms with Crippen LogP contribution >= 0.6 is 70.7 Å². The second kappa shape index (κ2) is 7.05. The first kappa shape index (κ1) is 16.0. The molecule has 0 radical (unpaired) electrons. The molecule has 0 bridgehead atoms. The van der Waals surface area contributed by atoms with Gasteiger partial charge in [0.05, 0.1) is 9.83 Å². The average molecular weight is 488 g/mol. The fourth-order valence-electron chi connectivity index (χ4n) is 1.81. The van der Waals surface area contributed by atoms with E-state index in [-0.39, 0.29) is 6.04 Å². The minimum atomic E-state index is 0.130. The summed E-state index contributed by atoms with van der Waals surface area (Å²) in [5, 5.41) is 4.25. The van der Waals surface area contributed by atoms with Gasteiger partial charge < -0.3 is 5.32 Å². The number of hydrogen-bond donors (Lipinski definition) is 1. The molecule has 6 heteroatoms. The zero-order chi connectivity index (χ0) is 14.0. The third-order valence-electron chi connectivity index (χ3n) is 2.63. The van der Waals surface area contributed by atoms with E-state index in [1.54, 1.807) is 11.3 Å². The predicted octanol–water partition coefficient (Wildman–Crippen LogP) is 6.39. The van der Waals surface area contributed by atoms with Crippen LogP contribution in [0.5, 0.6) is 0 Å². The minimum absolute atomic E-state index is 0.130. The molecule has 2 rings (SSSR count). The molecule has 1 atom stereocenters. The van der Waals surface area contributed by atoms with Crippen molar-refractivity contribution in [2.75, 3.05) is 6.54 Å². The van der Waals surface area contributed by atoms with Crippen molar-refractivity contribution in [3.8, 4) is 0 Å². The van der Waals surface area contributed by atoms with E-state index in [4.69, 9.17) is 11.6 Å². The maximum atomic E-state index is 6.12. The van der Waals surface area contributed by atoms with Gasteiger partial charge >= 0.3 is 0 Å². The van der Waals surface area contributed by atoms with Gasteiger partial charge in [0.1, 0.15) is 0 Å². The Kier molecular flexibility index (Phi) is 5.93. The van der Waals surface area contributed by atoms with Gasteiger partial charge in [-0.2, -0.15) is 0 Å². The van der Waals surface area contributed by atoms with Crippen LogP contribution < -0.4 is 5.32 Å². The molecule has 0 saturated carbocycles. The largest absolute Gasteiger partial charge is 0.306 e. The summed E-state index contributed by atoms with van der Waals surface area (Å²) < 4.78 is 3.24. The van der Waals surface area contributed by atoms with Gasteiger partial charge in [-0.15, -0.1) is 11.3 Å². The summed E-state index contributed by atoms with van der Waals surface area (Å²) in [5.74, 6) is 0. The van der Waals surface area contributed by atoms with Crippen molar-refractivity contribution < 1.29 is 0 Å². The Balaban J connectivity index is 2.47. The zero-order valence-corrected chi connectivity index (χ0v) is 16.3. The highest BCUT2D eigenvalue weighted by atomic mass is 79.9. The highest BCUT2D eigenvalue weighted by Crippen LogP contribution is 2.39. The van der Waals surface area contributed by atoms with Crippen molar-refractivity contribution in [3.05, 3.63) is 52.5 Å². The van der Waals surface area contributed by atoms with Crippen LogP contribution in [-0.4, -0.2) is 6.54 Å². The summed E-state index contributed by atoms with van der Waals surface area (Å²) in [5.41, 5.74) is 1.15. The number of halogens is 4. The van der Waals surface area contributed by atoms with Crippen LogP contribution in [0.2, 0.25) is 5.02 Å². The van der Waals surface area contributed by atoms with Crippen LogP contribution in [0, 0.1) is 0 Å². The maximum Gasteiger partial charge on any atom is 0.0843 e. The second-order valence-corrected chi connectivity index (χ2v) is 8.47. The van der Waals surface area contributed by atoms with E-state index in [1.807, 2.05) is 18.2 Å². The molecule has 19 heavy (non-hydrogen) atoms. The van der Waals surface area contributed by atoms with Crippen LogP contribution in [-0.2, 0) is 0 Å². The van der Waals surface area contributed by atoms with Gasteiger partial charge in [0.15, 0.2) is 0 Å². The number of thiophene rings is 1. The van der Waals surface area contributed by atoms with Crippen LogP contribution in [0.25, 0.3) is 0 Å². The van der Waals surface area contributed by atoms with Crippen molar-refractivity contribution in [1.82, 2.24) is 5.32 Å². The van der Waals surface area contributed by atoms with Crippen molar-refractivity contribution in [1.29, 1.82) is 0 Å². The molecule has 1 nitrogen and oxygen atoms in total. The van der Waals surface area contributed by atoms with Crippen LogP contribution in [0.1, 0.15) is 23.4 Å². The molecule has 2 aromatic rings. The Bertz CT molecular complexity index is 566. The highest BCUT2D eigenvalue weighted by molar-refractivity contribution is 9.13. The monoisotopic (exact) mass is 485 g/mol. The van der Waals surface area contributed by atoms with Crippen LogP contribution in [0.4, 0.5) is 0 Å². The number of rotatable bonds is 4. The maximum absolute atomic E-state index is 6.12. The first-order chi connectivity index (χ1) is 9.02. The number of nitrogens with one attached hydrogen (secondary N) is 1. The molecule has 1 N–H and O–H groups in total. The lowest BCUT2D eigenvalue weighted by Crippen LogP contribution is -2.21. The molecule has 0 amide bonds. The predicted molar refractivity (Wildman–Crippen MR) is 94.4 cm³/mol. The SMILES string of the molecule is CCNC(c1cc(Br)c(Br)s1)c1cc(Cl)ccc1Br. The summed E-state index contributed by atoms with van der Waals surface area (Å²) in [4.78, 5) is 1.24. The number of benzene rings is 1. The summed E-state index contributed by atoms with van der Waals surface area (Å²) in [7, 11) is 0. The summed E-state index contributed by atoms with van der Waals surface area (Å²) in [6, 6.07) is 8.14. The lowest BCUT2D eigenvalue weighted by atomic mass is 10.1. The molecule has 0 aliphatic rings. The molecule has 0 fully saturated rings. The van der Waals surface area contributed by atoms with Crippen molar-refractivity contribution in [3.63, 3.8) is 0 Å². The summed E-state index contributed by atoms with van der Waals surface area (Å²) in [6.45, 7) is 2.99. The van der Waals surface area contributed by atoms with E-state index in [2.05, 4.69) is 66.1 Å². The lowest BCUT2D eigenvalue weighted by Gasteiger charge is -2.18. The Morgan fingerprint density at radius 2 is 1.95 bits per heavy atom. The van der Waals surface area contributed by atoms with E-state index in [1.165, 1.54) is 4.88 Å². The zero-order valence-electron chi connectivity index (χ0n) is 10.0. The standard InChI is InChI=1S/C13H11Br3ClNS/c1-2-18-12(11-6-10(15)13(16)19-11)8-5-7(17)3-4-9(8)14/h3-6,12,18H,2H2,1H3. The first-order valence-corrected chi connectivity index (χ1v) is 9.23. The molecular weight excluding hydrogens is 477 g/mol. The topological polar surface area (TPSA) is 12.0 Å². The van der Waals surface area contributed by atoms with Crippen molar-refractivity contribution in [2.24, 2.45) is 0 Å². The Hall–Kier alpha value is 0.610. The third-order valence-corrected chi connectivity index (χ3v) is 6.90. The van der Waals surface area contributed by atoms with E-state index >= 15 is 0 Å². The Morgan fingerprint density at radius 1 is 1.21 bits per heavy atom. The van der Waals surface area contributed by atoms with E-state index < -0.39 is 0 Å². The molecular formula is C13H11Br3ClNS. The second-order valence-electron chi connectivity index (χ2n) is 3.93. The van der Waals surface area contributed by atoms with E-state index in [0.29, 0.717) is 0 Å². The summed E-state index contributed by atoms with van der Waals surface area (Å²) >= 11 is 18.5. The molecule has 1 heterocycles. The van der Waals surface area contributed by atoms with E-state index in [9.17, 15) is 0 Å². The molecule has 1 aromatic carbocycles. The van der Waals surface area contributed by atoms with Crippen LogP contribution in [0.15, 0.2) is 37.0 Å². The van der Waals surface area contributed by atoms with Gasteiger partial charge in [-0.25, -0.2) is 0 Å². The minimum Gasteiger partial charge on any atom is -0.306 e. The highest BCUT2D eigenvalue weighted by Gasteiger charge is 2.19. The van der Waals surface area contributed by atoms with Gasteiger partial charge in [0.25, 0.3) is 0 Å². The average Bonchev–Trinajstić information content (AvgIpc) is 2.70. The smallest absolute Gasteiger partial charge is 0.0843 e. The quantitative estimate of drug-likeness (QED) is 0.526. The summed E-state index contributed by atoms with van der Waals surface area (Å²) in [6.07, 6.45) is 0. The van der Waals surface area contributed by atoms with Gasteiger partial charge in [0, 0.05) is 18.8 Å². The Morgan fingerprint density at radius 3 is 2.53 bits per heavy atom. The molecule has 0 aliphatic heterocycles. The fourth-order valence-corrected chi connectivity index (χ4v) is 4.65. The first-order valence-electron chi connectivity index (χ1n) is 5.66. The lowest BCUT2D eigenvalue weighted by molar-refractivity contribution is 0.637. The normalized spacial score (nSPS) is 12.7. The molecule has 1 unspecified atom stereocenters. The molecule has 102 valence electrons. The molecule has 0 aliphatic carbocycles. The number of hydrogen-bond acceptors (Lipinski definition) is 2. The Labute approximate surface area is 147 Å². The van der Waals surface area contributed by atoms with E-state index in [0.717, 1.165) is 29.9 Å². The van der Waals surface area contributed by atoms with Crippen molar-refractivity contribution >= 4 is 70.7 Å². The van der Waals surface area contributed by atoms with Gasteiger partial charge in [-0.3, -0.25) is 0 Å². The van der Waals surface area contributed by atoms with Gasteiger partial charge in [-0.05, 0) is 68.2 Å².